The number of carbonyl (C=O) groups excluding carboxylic acids is 1. The third kappa shape index (κ3) is 5.12. The topological polar surface area (TPSA) is 20.3 Å². The van der Waals surface area contributed by atoms with Crippen molar-refractivity contribution in [1.29, 1.82) is 0 Å². The van der Waals surface area contributed by atoms with Gasteiger partial charge in [0.1, 0.15) is 0 Å². The van der Waals surface area contributed by atoms with E-state index in [-0.39, 0.29) is 5.92 Å². The molecule has 1 heterocycles. The molecule has 0 unspecified atom stereocenters. The van der Waals surface area contributed by atoms with E-state index < -0.39 is 0 Å². The van der Waals surface area contributed by atoms with Crippen molar-refractivity contribution >= 4 is 17.2 Å². The Balaban J connectivity index is 1.85. The van der Waals surface area contributed by atoms with Gasteiger partial charge in [-0.2, -0.15) is 11.3 Å². The molecule has 1 aromatic heterocycles. The number of thiophene rings is 1. The summed E-state index contributed by atoms with van der Waals surface area (Å²) in [4.78, 5) is 15.0. The largest absolute Gasteiger partial charge is 0.338 e. The van der Waals surface area contributed by atoms with Gasteiger partial charge >= 0.3 is 0 Å². The molecule has 1 aromatic rings. The van der Waals surface area contributed by atoms with Crippen molar-refractivity contribution in [3.05, 3.63) is 22.4 Å². The summed E-state index contributed by atoms with van der Waals surface area (Å²) >= 11 is 1.72. The lowest BCUT2D eigenvalue weighted by Crippen LogP contribution is -2.37. The molecule has 0 radical (unpaired) electrons. The minimum Gasteiger partial charge on any atom is -0.338 e. The second-order valence-corrected chi connectivity index (χ2v) is 7.53. The molecule has 1 amide bonds. The summed E-state index contributed by atoms with van der Waals surface area (Å²) in [6.07, 6.45) is 9.79. The van der Waals surface area contributed by atoms with Crippen molar-refractivity contribution in [2.45, 2.75) is 71.8 Å². The Bertz CT molecular complexity index is 421. The van der Waals surface area contributed by atoms with Crippen LogP contribution in [0.15, 0.2) is 16.8 Å². The van der Waals surface area contributed by atoms with Crippen LogP contribution in [0.25, 0.3) is 0 Å². The average Bonchev–Trinajstić information content (AvgIpc) is 3.05. The van der Waals surface area contributed by atoms with Gasteiger partial charge < -0.3 is 4.90 Å². The third-order valence-electron chi connectivity index (χ3n) is 4.92. The van der Waals surface area contributed by atoms with Crippen molar-refractivity contribution in [3.63, 3.8) is 0 Å². The molecule has 1 fully saturated rings. The first-order chi connectivity index (χ1) is 10.7. The summed E-state index contributed by atoms with van der Waals surface area (Å²) in [7, 11) is 0. The molecule has 0 bridgehead atoms. The van der Waals surface area contributed by atoms with Gasteiger partial charge in [-0.1, -0.05) is 33.1 Å². The van der Waals surface area contributed by atoms with E-state index in [1.807, 2.05) is 0 Å². The fraction of sp³-hybridized carbons (Fsp3) is 0.737. The maximum absolute atomic E-state index is 12.9. The highest BCUT2D eigenvalue weighted by Crippen LogP contribution is 2.33. The van der Waals surface area contributed by atoms with Crippen LogP contribution >= 0.6 is 11.3 Å². The van der Waals surface area contributed by atoms with Gasteiger partial charge in [0.05, 0.1) is 0 Å². The summed E-state index contributed by atoms with van der Waals surface area (Å²) in [5.74, 6) is 1.56. The van der Waals surface area contributed by atoms with E-state index in [2.05, 4.69) is 35.6 Å². The van der Waals surface area contributed by atoms with Crippen LogP contribution in [0.4, 0.5) is 0 Å². The van der Waals surface area contributed by atoms with E-state index in [9.17, 15) is 4.79 Å². The molecule has 3 heteroatoms. The summed E-state index contributed by atoms with van der Waals surface area (Å²) in [5, 5.41) is 4.26. The van der Waals surface area contributed by atoms with Crippen LogP contribution in [0.1, 0.15) is 70.8 Å². The molecule has 0 saturated heterocycles. The highest BCUT2D eigenvalue weighted by atomic mass is 32.1. The van der Waals surface area contributed by atoms with Gasteiger partial charge in [0, 0.05) is 19.0 Å². The zero-order valence-electron chi connectivity index (χ0n) is 14.2. The lowest BCUT2D eigenvalue weighted by molar-refractivity contribution is -0.137. The number of carbonyl (C=O) groups is 1. The van der Waals surface area contributed by atoms with Crippen molar-refractivity contribution in [1.82, 2.24) is 4.90 Å². The molecule has 0 atom stereocenters. The Morgan fingerprint density at radius 1 is 1.23 bits per heavy atom. The van der Waals surface area contributed by atoms with Gasteiger partial charge in [0.25, 0.3) is 0 Å². The van der Waals surface area contributed by atoms with Crippen molar-refractivity contribution < 1.29 is 4.79 Å². The monoisotopic (exact) mass is 321 g/mol. The molecule has 124 valence electrons. The highest BCUT2D eigenvalue weighted by molar-refractivity contribution is 7.07. The SMILES string of the molecule is CCCCC1CCC(C(=O)N(CCC)Cc2ccsc2)CC1. The fourth-order valence-corrected chi connectivity index (χ4v) is 4.25. The summed E-state index contributed by atoms with van der Waals surface area (Å²) in [6.45, 7) is 6.12. The van der Waals surface area contributed by atoms with Gasteiger partial charge in [0.15, 0.2) is 0 Å². The van der Waals surface area contributed by atoms with Gasteiger partial charge in [-0.05, 0) is 60.4 Å². The number of hydrogen-bond donors (Lipinski definition) is 0. The predicted octanol–water partition coefficient (Wildman–Crippen LogP) is 5.48. The molecule has 22 heavy (non-hydrogen) atoms. The highest BCUT2D eigenvalue weighted by Gasteiger charge is 2.29. The molecule has 1 saturated carbocycles. The van der Waals surface area contributed by atoms with Crippen LogP contribution in [-0.2, 0) is 11.3 Å². The van der Waals surface area contributed by atoms with Gasteiger partial charge in [0.2, 0.25) is 5.91 Å². The smallest absolute Gasteiger partial charge is 0.225 e. The fourth-order valence-electron chi connectivity index (χ4n) is 3.59. The zero-order valence-corrected chi connectivity index (χ0v) is 15.0. The van der Waals surface area contributed by atoms with E-state index >= 15 is 0 Å². The van der Waals surface area contributed by atoms with Crippen LogP contribution < -0.4 is 0 Å². The summed E-state index contributed by atoms with van der Waals surface area (Å²) < 4.78 is 0. The van der Waals surface area contributed by atoms with E-state index in [1.165, 1.54) is 37.7 Å². The van der Waals surface area contributed by atoms with Gasteiger partial charge in [-0.3, -0.25) is 4.79 Å². The molecule has 0 N–H and O–H groups in total. The molecular weight excluding hydrogens is 290 g/mol. The average molecular weight is 322 g/mol. The Morgan fingerprint density at radius 3 is 2.59 bits per heavy atom. The lowest BCUT2D eigenvalue weighted by atomic mass is 9.79. The maximum Gasteiger partial charge on any atom is 0.225 e. The first-order valence-electron chi connectivity index (χ1n) is 9.04. The van der Waals surface area contributed by atoms with Crippen molar-refractivity contribution in [2.75, 3.05) is 6.54 Å². The molecule has 2 nitrogen and oxygen atoms in total. The second kappa shape index (κ2) is 9.34. The number of amides is 1. The first kappa shape index (κ1) is 17.5. The molecule has 2 rings (SSSR count). The number of hydrogen-bond acceptors (Lipinski definition) is 2. The molecule has 0 spiro atoms. The zero-order chi connectivity index (χ0) is 15.8. The number of rotatable bonds is 8. The van der Waals surface area contributed by atoms with E-state index in [4.69, 9.17) is 0 Å². The third-order valence-corrected chi connectivity index (χ3v) is 5.65. The standard InChI is InChI=1S/C19H31NOS/c1-3-5-6-16-7-9-18(10-8-16)19(21)20(12-4-2)14-17-11-13-22-15-17/h11,13,15-16,18H,3-10,12,14H2,1-2H3. The minimum atomic E-state index is 0.281. The predicted molar refractivity (Wildman–Crippen MR) is 95.0 cm³/mol. The van der Waals surface area contributed by atoms with E-state index in [1.54, 1.807) is 11.3 Å². The second-order valence-electron chi connectivity index (χ2n) is 6.75. The number of unbranched alkanes of at least 4 members (excludes halogenated alkanes) is 1. The molecular formula is C19H31NOS. The Hall–Kier alpha value is -0.830. The molecule has 1 aliphatic rings. The van der Waals surface area contributed by atoms with Crippen LogP contribution in [0.2, 0.25) is 0 Å². The molecule has 1 aliphatic carbocycles. The van der Waals surface area contributed by atoms with Crippen molar-refractivity contribution in [3.8, 4) is 0 Å². The summed E-state index contributed by atoms with van der Waals surface area (Å²) in [6, 6.07) is 2.14. The maximum atomic E-state index is 12.9. The molecule has 0 aromatic carbocycles. The van der Waals surface area contributed by atoms with Crippen LogP contribution in [0.3, 0.4) is 0 Å². The van der Waals surface area contributed by atoms with Crippen LogP contribution in [0.5, 0.6) is 0 Å². The van der Waals surface area contributed by atoms with Crippen LogP contribution in [0, 0.1) is 11.8 Å². The Kier molecular flexibility index (Phi) is 7.44. The Morgan fingerprint density at radius 2 is 2.00 bits per heavy atom. The minimum absolute atomic E-state index is 0.281. The lowest BCUT2D eigenvalue weighted by Gasteiger charge is -2.32. The first-order valence-corrected chi connectivity index (χ1v) is 9.98. The van der Waals surface area contributed by atoms with Gasteiger partial charge in [-0.15, -0.1) is 0 Å². The molecule has 0 aliphatic heterocycles. The van der Waals surface area contributed by atoms with E-state index in [0.717, 1.165) is 38.3 Å². The quantitative estimate of drug-likeness (QED) is 0.620. The number of nitrogens with zero attached hydrogens (tertiary/aromatic N) is 1. The Labute approximate surface area is 139 Å². The van der Waals surface area contributed by atoms with Gasteiger partial charge in [-0.25, -0.2) is 0 Å². The normalized spacial score (nSPS) is 21.7. The summed E-state index contributed by atoms with van der Waals surface area (Å²) in [5.41, 5.74) is 1.28. The van der Waals surface area contributed by atoms with Crippen LogP contribution in [-0.4, -0.2) is 17.4 Å². The van der Waals surface area contributed by atoms with E-state index in [0.29, 0.717) is 5.91 Å². The van der Waals surface area contributed by atoms with Crippen molar-refractivity contribution in [2.24, 2.45) is 11.8 Å².